The maximum absolute atomic E-state index is 13.2. The number of aromatic nitrogens is 2. The average molecular weight is 415 g/mol. The van der Waals surface area contributed by atoms with Crippen molar-refractivity contribution in [1.82, 2.24) is 9.97 Å². The van der Waals surface area contributed by atoms with Crippen molar-refractivity contribution < 1.29 is 4.39 Å². The van der Waals surface area contributed by atoms with Crippen molar-refractivity contribution in [3.05, 3.63) is 66.7 Å². The Labute approximate surface area is 135 Å². The number of halogens is 3. The van der Waals surface area contributed by atoms with E-state index >= 15 is 0 Å². The van der Waals surface area contributed by atoms with Crippen LogP contribution in [0.2, 0.25) is 0 Å². The molecule has 3 rings (SSSR count). The van der Waals surface area contributed by atoms with Crippen LogP contribution in [-0.2, 0) is 0 Å². The predicted octanol–water partition coefficient (Wildman–Crippen LogP) is 3.57. The molecule has 7 heteroatoms. The third kappa shape index (κ3) is 2.68. The highest BCUT2D eigenvalue weighted by molar-refractivity contribution is 9.10. The monoisotopic (exact) mass is 413 g/mol. The first kappa shape index (κ1) is 14.5. The highest BCUT2D eigenvalue weighted by Crippen LogP contribution is 2.33. The van der Waals surface area contributed by atoms with E-state index in [0.717, 1.165) is 15.6 Å². The SMILES string of the molecule is NC(c1ccc(F)cc1Br)c1cc2[nH]c(=O)[nH]c2cc1Br. The zero-order valence-corrected chi connectivity index (χ0v) is 13.8. The normalized spacial score (nSPS) is 12.8. The number of hydrogen-bond donors (Lipinski definition) is 3. The first-order valence-electron chi connectivity index (χ1n) is 6.07. The largest absolute Gasteiger partial charge is 0.323 e. The summed E-state index contributed by atoms with van der Waals surface area (Å²) >= 11 is 6.78. The van der Waals surface area contributed by atoms with Crippen LogP contribution in [0.3, 0.4) is 0 Å². The van der Waals surface area contributed by atoms with E-state index in [-0.39, 0.29) is 11.5 Å². The van der Waals surface area contributed by atoms with Crippen molar-refractivity contribution in [2.75, 3.05) is 0 Å². The number of H-pyrrole nitrogens is 2. The highest BCUT2D eigenvalue weighted by Gasteiger charge is 2.17. The van der Waals surface area contributed by atoms with Gasteiger partial charge in [0.05, 0.1) is 17.1 Å². The fraction of sp³-hybridized carbons (Fsp3) is 0.0714. The summed E-state index contributed by atoms with van der Waals surface area (Å²) in [5.74, 6) is -0.331. The van der Waals surface area contributed by atoms with Crippen LogP contribution in [0, 0.1) is 5.82 Å². The Bertz CT molecular complexity index is 888. The Kier molecular flexibility index (Phi) is 3.73. The molecule has 0 fully saturated rings. The molecule has 108 valence electrons. The van der Waals surface area contributed by atoms with Gasteiger partial charge in [0.25, 0.3) is 0 Å². The van der Waals surface area contributed by atoms with Gasteiger partial charge >= 0.3 is 5.69 Å². The Hall–Kier alpha value is -1.44. The molecule has 0 aliphatic carbocycles. The van der Waals surface area contributed by atoms with Crippen LogP contribution < -0.4 is 11.4 Å². The minimum atomic E-state index is -0.461. The molecule has 4 N–H and O–H groups in total. The quantitative estimate of drug-likeness (QED) is 0.599. The van der Waals surface area contributed by atoms with Gasteiger partial charge in [-0.1, -0.05) is 37.9 Å². The molecule has 0 spiro atoms. The molecule has 0 saturated heterocycles. The molecular weight excluding hydrogens is 405 g/mol. The summed E-state index contributed by atoms with van der Waals surface area (Å²) in [4.78, 5) is 16.7. The third-order valence-electron chi connectivity index (χ3n) is 3.27. The number of nitrogens with one attached hydrogen (secondary N) is 2. The van der Waals surface area contributed by atoms with Gasteiger partial charge in [0.2, 0.25) is 0 Å². The zero-order chi connectivity index (χ0) is 15.1. The minimum absolute atomic E-state index is 0.273. The lowest BCUT2D eigenvalue weighted by molar-refractivity contribution is 0.625. The second-order valence-electron chi connectivity index (χ2n) is 4.64. The molecule has 1 atom stereocenters. The van der Waals surface area contributed by atoms with Gasteiger partial charge in [-0.25, -0.2) is 9.18 Å². The predicted molar refractivity (Wildman–Crippen MR) is 86.7 cm³/mol. The molecule has 21 heavy (non-hydrogen) atoms. The van der Waals surface area contributed by atoms with E-state index in [4.69, 9.17) is 5.73 Å². The fourth-order valence-corrected chi connectivity index (χ4v) is 3.42. The second kappa shape index (κ2) is 5.40. The minimum Gasteiger partial charge on any atom is -0.320 e. The molecular formula is C14H10Br2FN3O. The Balaban J connectivity index is 2.14. The van der Waals surface area contributed by atoms with Crippen molar-refractivity contribution in [2.24, 2.45) is 5.73 Å². The lowest BCUT2D eigenvalue weighted by Gasteiger charge is -2.16. The van der Waals surface area contributed by atoms with Gasteiger partial charge in [0.15, 0.2) is 0 Å². The van der Waals surface area contributed by atoms with Crippen LogP contribution in [-0.4, -0.2) is 9.97 Å². The maximum atomic E-state index is 13.2. The number of rotatable bonds is 2. The molecule has 4 nitrogen and oxygen atoms in total. The van der Waals surface area contributed by atoms with E-state index in [2.05, 4.69) is 41.8 Å². The van der Waals surface area contributed by atoms with Gasteiger partial charge in [-0.3, -0.25) is 0 Å². The van der Waals surface area contributed by atoms with Crippen LogP contribution in [0.1, 0.15) is 17.2 Å². The standard InChI is InChI=1S/C14H10Br2FN3O/c15-9-3-6(17)1-2-7(9)13(18)8-4-11-12(5-10(8)16)20-14(21)19-11/h1-5,13H,18H2,(H2,19,20,21). The van der Waals surface area contributed by atoms with Crippen molar-refractivity contribution in [1.29, 1.82) is 0 Å². The Morgan fingerprint density at radius 2 is 1.62 bits per heavy atom. The second-order valence-corrected chi connectivity index (χ2v) is 6.35. The lowest BCUT2D eigenvalue weighted by Crippen LogP contribution is -2.13. The van der Waals surface area contributed by atoms with Crippen LogP contribution in [0.15, 0.2) is 44.1 Å². The molecule has 2 aromatic carbocycles. The highest BCUT2D eigenvalue weighted by atomic mass is 79.9. The number of hydrogen-bond acceptors (Lipinski definition) is 2. The maximum Gasteiger partial charge on any atom is 0.323 e. The van der Waals surface area contributed by atoms with Gasteiger partial charge in [0, 0.05) is 8.95 Å². The van der Waals surface area contributed by atoms with Gasteiger partial charge in [-0.05, 0) is 35.4 Å². The molecule has 0 aliphatic rings. The molecule has 3 aromatic rings. The van der Waals surface area contributed by atoms with E-state index < -0.39 is 6.04 Å². The Morgan fingerprint density at radius 1 is 1.00 bits per heavy atom. The molecule has 0 bridgehead atoms. The summed E-state index contributed by atoms with van der Waals surface area (Å²) in [6.45, 7) is 0. The first-order valence-corrected chi connectivity index (χ1v) is 7.66. The van der Waals surface area contributed by atoms with Crippen molar-refractivity contribution in [3.63, 3.8) is 0 Å². The summed E-state index contributed by atoms with van der Waals surface area (Å²) in [5, 5.41) is 0. The van der Waals surface area contributed by atoms with Crippen LogP contribution >= 0.6 is 31.9 Å². The summed E-state index contributed by atoms with van der Waals surface area (Å²) in [6.07, 6.45) is 0. The zero-order valence-electron chi connectivity index (χ0n) is 10.6. The molecule has 0 saturated carbocycles. The van der Waals surface area contributed by atoms with E-state index in [9.17, 15) is 9.18 Å². The van der Waals surface area contributed by atoms with E-state index in [1.54, 1.807) is 18.2 Å². The Morgan fingerprint density at radius 3 is 2.29 bits per heavy atom. The number of benzene rings is 2. The summed E-state index contributed by atoms with van der Waals surface area (Å²) in [7, 11) is 0. The molecule has 0 radical (unpaired) electrons. The van der Waals surface area contributed by atoms with Crippen molar-refractivity contribution in [3.8, 4) is 0 Å². The summed E-state index contributed by atoms with van der Waals surface area (Å²) in [6, 6.07) is 7.51. The fourth-order valence-electron chi connectivity index (χ4n) is 2.23. The van der Waals surface area contributed by atoms with Gasteiger partial charge in [-0.15, -0.1) is 0 Å². The summed E-state index contributed by atoms with van der Waals surface area (Å²) < 4.78 is 14.6. The molecule has 0 amide bonds. The van der Waals surface area contributed by atoms with E-state index in [1.807, 2.05) is 0 Å². The average Bonchev–Trinajstić information content (AvgIpc) is 2.76. The van der Waals surface area contributed by atoms with Gasteiger partial charge < -0.3 is 15.7 Å². The lowest BCUT2D eigenvalue weighted by atomic mass is 9.99. The van der Waals surface area contributed by atoms with Crippen LogP contribution in [0.4, 0.5) is 4.39 Å². The van der Waals surface area contributed by atoms with E-state index in [1.165, 1.54) is 12.1 Å². The number of fused-ring (bicyclic) bond motifs is 1. The molecule has 1 unspecified atom stereocenters. The van der Waals surface area contributed by atoms with E-state index in [0.29, 0.717) is 15.5 Å². The first-order chi connectivity index (χ1) is 9.95. The summed E-state index contributed by atoms with van der Waals surface area (Å²) in [5.41, 5.74) is 8.93. The van der Waals surface area contributed by atoms with Crippen molar-refractivity contribution in [2.45, 2.75) is 6.04 Å². The number of aromatic amines is 2. The molecule has 1 aromatic heterocycles. The third-order valence-corrected chi connectivity index (χ3v) is 4.64. The van der Waals surface area contributed by atoms with Crippen LogP contribution in [0.5, 0.6) is 0 Å². The smallest absolute Gasteiger partial charge is 0.320 e. The van der Waals surface area contributed by atoms with Gasteiger partial charge in [0.1, 0.15) is 5.82 Å². The van der Waals surface area contributed by atoms with Crippen LogP contribution in [0.25, 0.3) is 11.0 Å². The topological polar surface area (TPSA) is 74.7 Å². The number of nitrogens with two attached hydrogens (primary N) is 1. The van der Waals surface area contributed by atoms with Crippen molar-refractivity contribution >= 4 is 42.9 Å². The van der Waals surface area contributed by atoms with Gasteiger partial charge in [-0.2, -0.15) is 0 Å². The number of imidazole rings is 1. The molecule has 1 heterocycles. The molecule has 0 aliphatic heterocycles.